The number of aliphatic carboxylic acids is 2. The smallest absolute Gasteiger partial charge is 0.320 e. The molecule has 0 aromatic carbocycles. The summed E-state index contributed by atoms with van der Waals surface area (Å²) in [5, 5.41) is 16.6. The first-order valence-electron chi connectivity index (χ1n) is 4.29. The predicted molar refractivity (Wildman–Crippen MR) is 48.1 cm³/mol. The van der Waals surface area contributed by atoms with Crippen molar-refractivity contribution in [1.29, 1.82) is 0 Å². The number of rotatable bonds is 7. The highest BCUT2D eigenvalue weighted by Crippen LogP contribution is 1.95. The molecular formula is C8H13NO6. The molecule has 0 unspecified atom stereocenters. The number of hydrogen-bond acceptors (Lipinski definition) is 5. The Labute approximate surface area is 85.8 Å². The van der Waals surface area contributed by atoms with E-state index in [1.165, 1.54) is 0 Å². The molecule has 0 aliphatic heterocycles. The Hall–Kier alpha value is -1.63. The first kappa shape index (κ1) is 13.4. The molecule has 0 bridgehead atoms. The minimum atomic E-state index is -1.17. The van der Waals surface area contributed by atoms with E-state index in [0.717, 1.165) is 0 Å². The summed E-state index contributed by atoms with van der Waals surface area (Å²) in [7, 11) is 0. The van der Waals surface area contributed by atoms with E-state index in [0.29, 0.717) is 0 Å². The Balaban J connectivity index is 3.55. The van der Waals surface area contributed by atoms with Crippen molar-refractivity contribution in [2.24, 2.45) is 5.73 Å². The van der Waals surface area contributed by atoms with E-state index in [4.69, 9.17) is 15.9 Å². The lowest BCUT2D eigenvalue weighted by atomic mass is 10.2. The molecular weight excluding hydrogens is 206 g/mol. The second-order valence-electron chi connectivity index (χ2n) is 2.85. The van der Waals surface area contributed by atoms with Gasteiger partial charge in [0, 0.05) is 6.42 Å². The van der Waals surface area contributed by atoms with Crippen LogP contribution < -0.4 is 5.73 Å². The van der Waals surface area contributed by atoms with Crippen molar-refractivity contribution >= 4 is 17.9 Å². The molecule has 0 aliphatic rings. The van der Waals surface area contributed by atoms with Gasteiger partial charge in [-0.25, -0.2) is 0 Å². The molecule has 0 fully saturated rings. The van der Waals surface area contributed by atoms with Crippen LogP contribution in [-0.4, -0.2) is 40.8 Å². The van der Waals surface area contributed by atoms with Gasteiger partial charge >= 0.3 is 17.9 Å². The number of esters is 1. The van der Waals surface area contributed by atoms with Crippen LogP contribution in [0.15, 0.2) is 0 Å². The van der Waals surface area contributed by atoms with E-state index >= 15 is 0 Å². The molecule has 1 atom stereocenters. The molecule has 0 saturated carbocycles. The molecule has 0 spiro atoms. The van der Waals surface area contributed by atoms with Crippen LogP contribution in [0.2, 0.25) is 0 Å². The summed E-state index contributed by atoms with van der Waals surface area (Å²) in [6.45, 7) is -0.119. The molecule has 15 heavy (non-hydrogen) atoms. The van der Waals surface area contributed by atoms with Crippen LogP contribution >= 0.6 is 0 Å². The average Bonchev–Trinajstić information content (AvgIpc) is 2.14. The van der Waals surface area contributed by atoms with Gasteiger partial charge in [0.05, 0.1) is 19.4 Å². The lowest BCUT2D eigenvalue weighted by molar-refractivity contribution is -0.148. The van der Waals surface area contributed by atoms with Gasteiger partial charge < -0.3 is 20.7 Å². The molecule has 0 amide bonds. The lowest BCUT2D eigenvalue weighted by Gasteiger charge is -2.06. The number of hydrogen-bond donors (Lipinski definition) is 3. The molecule has 0 saturated heterocycles. The molecule has 4 N–H and O–H groups in total. The van der Waals surface area contributed by atoms with E-state index in [-0.39, 0.29) is 25.9 Å². The highest BCUT2D eigenvalue weighted by molar-refractivity contribution is 5.76. The maximum Gasteiger partial charge on any atom is 0.320 e. The van der Waals surface area contributed by atoms with Crippen LogP contribution in [0.5, 0.6) is 0 Å². The van der Waals surface area contributed by atoms with Crippen molar-refractivity contribution in [1.82, 2.24) is 0 Å². The van der Waals surface area contributed by atoms with Gasteiger partial charge in [-0.15, -0.1) is 0 Å². The molecule has 0 rings (SSSR count). The summed E-state index contributed by atoms with van der Waals surface area (Å²) in [5.74, 6) is -2.93. The molecule has 7 heteroatoms. The zero-order chi connectivity index (χ0) is 11.8. The first-order valence-corrected chi connectivity index (χ1v) is 4.29. The van der Waals surface area contributed by atoms with E-state index in [9.17, 15) is 14.4 Å². The number of carbonyl (C=O) groups excluding carboxylic acids is 1. The predicted octanol–water partition coefficient (Wildman–Crippen LogP) is -0.804. The van der Waals surface area contributed by atoms with Crippen LogP contribution in [0.1, 0.15) is 19.3 Å². The fourth-order valence-corrected chi connectivity index (χ4v) is 0.704. The number of carboxylic acid groups (broad SMARTS) is 2. The van der Waals surface area contributed by atoms with Gasteiger partial charge in [0.15, 0.2) is 0 Å². The van der Waals surface area contributed by atoms with Gasteiger partial charge in [0.25, 0.3) is 0 Å². The molecule has 0 heterocycles. The Morgan fingerprint density at radius 1 is 1.20 bits per heavy atom. The van der Waals surface area contributed by atoms with E-state index in [1.54, 1.807) is 0 Å². The molecule has 7 nitrogen and oxygen atoms in total. The normalized spacial score (nSPS) is 11.8. The monoisotopic (exact) mass is 219 g/mol. The number of ether oxygens (including phenoxy) is 1. The average molecular weight is 219 g/mol. The molecule has 0 aromatic heterocycles. The second-order valence-corrected chi connectivity index (χ2v) is 2.85. The Bertz CT molecular complexity index is 252. The van der Waals surface area contributed by atoms with Crippen molar-refractivity contribution in [3.8, 4) is 0 Å². The second kappa shape index (κ2) is 6.77. The zero-order valence-electron chi connectivity index (χ0n) is 8.01. The largest absolute Gasteiger partial charge is 0.481 e. The van der Waals surface area contributed by atoms with Crippen LogP contribution in [-0.2, 0) is 19.1 Å². The van der Waals surface area contributed by atoms with Gasteiger partial charge in [-0.1, -0.05) is 0 Å². The van der Waals surface area contributed by atoms with E-state index in [1.807, 2.05) is 0 Å². The Kier molecular flexibility index (Phi) is 6.03. The van der Waals surface area contributed by atoms with E-state index in [2.05, 4.69) is 4.74 Å². The SMILES string of the molecule is N[C@H](CCOC(=O)CCC(=O)O)C(=O)O. The quantitative estimate of drug-likeness (QED) is 0.478. The summed E-state index contributed by atoms with van der Waals surface area (Å²) >= 11 is 0. The highest BCUT2D eigenvalue weighted by atomic mass is 16.5. The number of carboxylic acids is 2. The third kappa shape index (κ3) is 7.44. The first-order chi connectivity index (χ1) is 6.93. The summed E-state index contributed by atoms with van der Waals surface area (Å²) in [5.41, 5.74) is 5.14. The third-order valence-electron chi connectivity index (χ3n) is 1.55. The van der Waals surface area contributed by atoms with Gasteiger partial charge in [0.1, 0.15) is 6.04 Å². The van der Waals surface area contributed by atoms with Gasteiger partial charge in [-0.2, -0.15) is 0 Å². The van der Waals surface area contributed by atoms with Crippen LogP contribution in [0.25, 0.3) is 0 Å². The topological polar surface area (TPSA) is 127 Å². The molecule has 0 aromatic rings. The molecule has 0 aliphatic carbocycles. The van der Waals surface area contributed by atoms with Crippen LogP contribution in [0.4, 0.5) is 0 Å². The van der Waals surface area contributed by atoms with E-state index < -0.39 is 23.9 Å². The summed E-state index contributed by atoms with van der Waals surface area (Å²) in [6.07, 6.45) is -0.518. The summed E-state index contributed by atoms with van der Waals surface area (Å²) < 4.78 is 4.57. The Morgan fingerprint density at radius 2 is 1.80 bits per heavy atom. The number of nitrogens with two attached hydrogens (primary N) is 1. The zero-order valence-corrected chi connectivity index (χ0v) is 8.01. The van der Waals surface area contributed by atoms with Gasteiger partial charge in [0.2, 0.25) is 0 Å². The maximum atomic E-state index is 10.8. The van der Waals surface area contributed by atoms with Gasteiger partial charge in [-0.3, -0.25) is 14.4 Å². The number of carbonyl (C=O) groups is 3. The summed E-state index contributed by atoms with van der Waals surface area (Å²) in [4.78, 5) is 31.1. The van der Waals surface area contributed by atoms with Crippen molar-refractivity contribution < 1.29 is 29.3 Å². The summed E-state index contributed by atoms with van der Waals surface area (Å²) in [6, 6.07) is -1.07. The standard InChI is InChI=1S/C8H13NO6/c9-5(8(13)14)3-4-15-7(12)2-1-6(10)11/h5H,1-4,9H2,(H,10,11)(H,13,14)/t5-/m1/s1. The minimum Gasteiger partial charge on any atom is -0.481 e. The lowest BCUT2D eigenvalue weighted by Crippen LogP contribution is -2.31. The van der Waals surface area contributed by atoms with Crippen molar-refractivity contribution in [2.75, 3.05) is 6.61 Å². The van der Waals surface area contributed by atoms with Crippen molar-refractivity contribution in [3.05, 3.63) is 0 Å². The fraction of sp³-hybridized carbons (Fsp3) is 0.625. The van der Waals surface area contributed by atoms with Crippen molar-refractivity contribution in [3.63, 3.8) is 0 Å². The maximum absolute atomic E-state index is 10.8. The van der Waals surface area contributed by atoms with Gasteiger partial charge in [-0.05, 0) is 0 Å². The van der Waals surface area contributed by atoms with Crippen LogP contribution in [0.3, 0.4) is 0 Å². The fourth-order valence-electron chi connectivity index (χ4n) is 0.704. The highest BCUT2D eigenvalue weighted by Gasteiger charge is 2.12. The van der Waals surface area contributed by atoms with Crippen molar-refractivity contribution in [2.45, 2.75) is 25.3 Å². The third-order valence-corrected chi connectivity index (χ3v) is 1.55. The minimum absolute atomic E-state index is 0.00808. The molecule has 0 radical (unpaired) electrons. The molecule has 86 valence electrons. The van der Waals surface area contributed by atoms with Crippen LogP contribution in [0, 0.1) is 0 Å². The Morgan fingerprint density at radius 3 is 2.27 bits per heavy atom.